The van der Waals surface area contributed by atoms with Crippen LogP contribution in [-0.4, -0.2) is 5.91 Å². The monoisotopic (exact) mass is 299 g/mol. The molecule has 5 heteroatoms. The summed E-state index contributed by atoms with van der Waals surface area (Å²) in [6.07, 6.45) is 0. The van der Waals surface area contributed by atoms with Crippen molar-refractivity contribution in [1.29, 1.82) is 0 Å². The van der Waals surface area contributed by atoms with Crippen molar-refractivity contribution in [2.75, 3.05) is 0 Å². The van der Waals surface area contributed by atoms with Gasteiger partial charge in [0.1, 0.15) is 0 Å². The van der Waals surface area contributed by atoms with Crippen LogP contribution in [0.3, 0.4) is 0 Å². The van der Waals surface area contributed by atoms with Gasteiger partial charge in [0.25, 0.3) is 5.91 Å². The molecule has 1 amide bonds. The first-order chi connectivity index (χ1) is 8.58. The number of nitrogens with one attached hydrogen (secondary N) is 1. The molecule has 2 rings (SSSR count). The fourth-order valence-electron chi connectivity index (χ4n) is 1.55. The van der Waals surface area contributed by atoms with Gasteiger partial charge in [0, 0.05) is 9.90 Å². The maximum Gasteiger partial charge on any atom is 0.253 e. The Morgan fingerprint density at radius 1 is 1.33 bits per heavy atom. The van der Waals surface area contributed by atoms with Crippen LogP contribution in [0, 0.1) is 0 Å². The van der Waals surface area contributed by atoms with Gasteiger partial charge in [-0.2, -0.15) is 0 Å². The molecule has 1 heterocycles. The molecule has 0 aliphatic carbocycles. The molecule has 0 bridgehead atoms. The van der Waals surface area contributed by atoms with E-state index < -0.39 is 0 Å². The van der Waals surface area contributed by atoms with Crippen molar-refractivity contribution in [2.24, 2.45) is 0 Å². The second kappa shape index (κ2) is 5.74. The van der Waals surface area contributed by atoms with E-state index in [1.165, 1.54) is 0 Å². The van der Waals surface area contributed by atoms with E-state index in [1.807, 2.05) is 24.4 Å². The van der Waals surface area contributed by atoms with Gasteiger partial charge in [0.05, 0.1) is 16.6 Å². The van der Waals surface area contributed by atoms with Crippen LogP contribution in [0.2, 0.25) is 10.0 Å². The SMILES string of the molecule is C[C@H](NC(=O)c1cc(Cl)ccc1Cl)c1cccs1. The summed E-state index contributed by atoms with van der Waals surface area (Å²) in [6.45, 7) is 1.93. The Morgan fingerprint density at radius 3 is 2.78 bits per heavy atom. The van der Waals surface area contributed by atoms with Crippen molar-refractivity contribution >= 4 is 40.4 Å². The summed E-state index contributed by atoms with van der Waals surface area (Å²) >= 11 is 13.4. The zero-order chi connectivity index (χ0) is 13.1. The van der Waals surface area contributed by atoms with Gasteiger partial charge in [0.2, 0.25) is 0 Å². The van der Waals surface area contributed by atoms with Gasteiger partial charge in [-0.15, -0.1) is 11.3 Å². The topological polar surface area (TPSA) is 29.1 Å². The van der Waals surface area contributed by atoms with Crippen LogP contribution in [0.4, 0.5) is 0 Å². The highest BCUT2D eigenvalue weighted by Gasteiger charge is 2.15. The highest BCUT2D eigenvalue weighted by atomic mass is 35.5. The Hall–Kier alpha value is -1.03. The predicted octanol–water partition coefficient (Wildman–Crippen LogP) is 4.55. The second-order valence-corrected chi connectivity index (χ2v) is 5.66. The zero-order valence-electron chi connectivity index (χ0n) is 9.61. The van der Waals surface area contributed by atoms with Crippen LogP contribution in [0.25, 0.3) is 0 Å². The molecule has 0 saturated heterocycles. The molecule has 1 aromatic carbocycles. The largest absolute Gasteiger partial charge is 0.345 e. The molecule has 94 valence electrons. The highest BCUT2D eigenvalue weighted by molar-refractivity contribution is 7.10. The Balaban J connectivity index is 2.15. The van der Waals surface area contributed by atoms with Gasteiger partial charge in [-0.05, 0) is 36.6 Å². The Morgan fingerprint density at radius 2 is 2.11 bits per heavy atom. The molecule has 1 atom stereocenters. The van der Waals surface area contributed by atoms with E-state index in [4.69, 9.17) is 23.2 Å². The molecular weight excluding hydrogens is 289 g/mol. The summed E-state index contributed by atoms with van der Waals surface area (Å²) in [6, 6.07) is 8.73. The molecule has 2 aromatic rings. The van der Waals surface area contributed by atoms with E-state index in [0.29, 0.717) is 15.6 Å². The number of rotatable bonds is 3. The van der Waals surface area contributed by atoms with Crippen LogP contribution in [0.5, 0.6) is 0 Å². The molecule has 0 radical (unpaired) electrons. The number of carbonyl (C=O) groups excluding carboxylic acids is 1. The average Bonchev–Trinajstić information content (AvgIpc) is 2.85. The van der Waals surface area contributed by atoms with Crippen LogP contribution >= 0.6 is 34.5 Å². The standard InChI is InChI=1S/C13H11Cl2NOS/c1-8(12-3-2-6-18-12)16-13(17)10-7-9(14)4-5-11(10)15/h2-8H,1H3,(H,16,17)/t8-/m0/s1. The number of carbonyl (C=O) groups is 1. The maximum atomic E-state index is 12.1. The lowest BCUT2D eigenvalue weighted by Gasteiger charge is -2.13. The summed E-state index contributed by atoms with van der Waals surface area (Å²) < 4.78 is 0. The van der Waals surface area contributed by atoms with Gasteiger partial charge in [0.15, 0.2) is 0 Å². The van der Waals surface area contributed by atoms with E-state index in [1.54, 1.807) is 29.5 Å². The third kappa shape index (κ3) is 3.05. The smallest absolute Gasteiger partial charge is 0.253 e. The molecule has 18 heavy (non-hydrogen) atoms. The number of halogens is 2. The molecule has 2 nitrogen and oxygen atoms in total. The summed E-state index contributed by atoms with van der Waals surface area (Å²) in [7, 11) is 0. The summed E-state index contributed by atoms with van der Waals surface area (Å²) in [5.41, 5.74) is 0.396. The second-order valence-electron chi connectivity index (χ2n) is 3.83. The predicted molar refractivity (Wildman–Crippen MR) is 76.7 cm³/mol. The van der Waals surface area contributed by atoms with Crippen molar-refractivity contribution in [3.8, 4) is 0 Å². The van der Waals surface area contributed by atoms with Crippen molar-refractivity contribution in [3.63, 3.8) is 0 Å². The van der Waals surface area contributed by atoms with E-state index in [2.05, 4.69) is 5.32 Å². The lowest BCUT2D eigenvalue weighted by Crippen LogP contribution is -2.26. The number of hydrogen-bond donors (Lipinski definition) is 1. The Labute approximate surface area is 120 Å². The van der Waals surface area contributed by atoms with E-state index in [9.17, 15) is 4.79 Å². The minimum absolute atomic E-state index is 0.0486. The third-order valence-corrected chi connectivity index (χ3v) is 4.11. The highest BCUT2D eigenvalue weighted by Crippen LogP contribution is 2.23. The van der Waals surface area contributed by atoms with Crippen LogP contribution in [-0.2, 0) is 0 Å². The van der Waals surface area contributed by atoms with Gasteiger partial charge < -0.3 is 5.32 Å². The molecule has 0 aliphatic heterocycles. The summed E-state index contributed by atoms with van der Waals surface area (Å²) in [5.74, 6) is -0.219. The Bertz CT molecular complexity index is 554. The van der Waals surface area contributed by atoms with Gasteiger partial charge in [-0.1, -0.05) is 29.3 Å². The third-order valence-electron chi connectivity index (χ3n) is 2.49. The first kappa shape index (κ1) is 13.4. The van der Waals surface area contributed by atoms with Crippen molar-refractivity contribution in [1.82, 2.24) is 5.32 Å². The van der Waals surface area contributed by atoms with E-state index >= 15 is 0 Å². The minimum atomic E-state index is -0.219. The van der Waals surface area contributed by atoms with Crippen LogP contribution in [0.15, 0.2) is 35.7 Å². The molecule has 0 spiro atoms. The minimum Gasteiger partial charge on any atom is -0.345 e. The number of benzene rings is 1. The van der Waals surface area contributed by atoms with E-state index in [0.717, 1.165) is 4.88 Å². The van der Waals surface area contributed by atoms with Gasteiger partial charge in [-0.3, -0.25) is 4.79 Å². The fraction of sp³-hybridized carbons (Fsp3) is 0.154. The van der Waals surface area contributed by atoms with Crippen molar-refractivity contribution in [3.05, 3.63) is 56.2 Å². The summed E-state index contributed by atoms with van der Waals surface area (Å²) in [4.78, 5) is 13.2. The molecular formula is C13H11Cl2NOS. The zero-order valence-corrected chi connectivity index (χ0v) is 11.9. The molecule has 0 saturated carbocycles. The fourth-order valence-corrected chi connectivity index (χ4v) is 2.66. The molecule has 1 aromatic heterocycles. The van der Waals surface area contributed by atoms with Crippen molar-refractivity contribution in [2.45, 2.75) is 13.0 Å². The quantitative estimate of drug-likeness (QED) is 0.885. The number of amides is 1. The number of hydrogen-bond acceptors (Lipinski definition) is 2. The molecule has 0 fully saturated rings. The van der Waals surface area contributed by atoms with Gasteiger partial charge in [-0.25, -0.2) is 0 Å². The maximum absolute atomic E-state index is 12.1. The van der Waals surface area contributed by atoms with Gasteiger partial charge >= 0.3 is 0 Å². The molecule has 0 aliphatic rings. The Kier molecular flexibility index (Phi) is 4.27. The van der Waals surface area contributed by atoms with Crippen molar-refractivity contribution < 1.29 is 4.79 Å². The normalized spacial score (nSPS) is 12.2. The van der Waals surface area contributed by atoms with Crippen LogP contribution in [0.1, 0.15) is 28.2 Å². The molecule has 1 N–H and O–H groups in total. The van der Waals surface area contributed by atoms with Crippen LogP contribution < -0.4 is 5.32 Å². The first-order valence-corrected chi connectivity index (χ1v) is 7.01. The number of thiophene rings is 1. The average molecular weight is 300 g/mol. The molecule has 0 unspecified atom stereocenters. The lowest BCUT2D eigenvalue weighted by molar-refractivity contribution is 0.0940. The summed E-state index contributed by atoms with van der Waals surface area (Å²) in [5, 5.41) is 5.76. The lowest BCUT2D eigenvalue weighted by atomic mass is 10.2. The van der Waals surface area contributed by atoms with E-state index in [-0.39, 0.29) is 11.9 Å². The first-order valence-electron chi connectivity index (χ1n) is 5.37.